The van der Waals surface area contributed by atoms with Crippen molar-refractivity contribution in [1.82, 2.24) is 9.66 Å². The number of nitrogens with one attached hydrogen (secondary N) is 1. The van der Waals surface area contributed by atoms with Crippen LogP contribution in [0.15, 0.2) is 104 Å². The highest BCUT2D eigenvalue weighted by Gasteiger charge is 2.20. The Labute approximate surface area is 264 Å². The molecule has 0 bridgehead atoms. The molecule has 9 nitrogen and oxygen atoms in total. The van der Waals surface area contributed by atoms with Gasteiger partial charge in [0.15, 0.2) is 23.9 Å². The van der Waals surface area contributed by atoms with E-state index in [0.717, 1.165) is 10.9 Å². The molecule has 44 heavy (non-hydrogen) atoms. The smallest absolute Gasteiger partial charge is 0.282 e. The zero-order chi connectivity index (χ0) is 30.8. The molecule has 0 atom stereocenters. The lowest BCUT2D eigenvalue weighted by Crippen LogP contribution is -2.20. The maximum Gasteiger partial charge on any atom is 0.282 e. The van der Waals surface area contributed by atoms with Gasteiger partial charge in [-0.25, -0.2) is 4.98 Å². The average molecular weight is 672 g/mol. The fourth-order valence-electron chi connectivity index (χ4n) is 4.56. The molecule has 2 heterocycles. The zero-order valence-electron chi connectivity index (χ0n) is 23.5. The Bertz CT molecular complexity index is 2090. The number of carbonyl (C=O) groups is 1. The molecule has 0 aliphatic heterocycles. The van der Waals surface area contributed by atoms with Crippen LogP contribution in [0.4, 0.5) is 5.69 Å². The van der Waals surface area contributed by atoms with Gasteiger partial charge >= 0.3 is 0 Å². The Morgan fingerprint density at radius 2 is 1.84 bits per heavy atom. The van der Waals surface area contributed by atoms with Crippen LogP contribution in [0.2, 0.25) is 5.02 Å². The van der Waals surface area contributed by atoms with Crippen molar-refractivity contribution in [2.24, 2.45) is 5.10 Å². The first-order valence-corrected chi connectivity index (χ1v) is 14.6. The van der Waals surface area contributed by atoms with E-state index in [-0.39, 0.29) is 40.4 Å². The Kier molecular flexibility index (Phi) is 8.19. The van der Waals surface area contributed by atoms with Crippen molar-refractivity contribution >= 4 is 67.2 Å². The molecule has 0 aliphatic carbocycles. The maximum atomic E-state index is 13.6. The third kappa shape index (κ3) is 5.82. The van der Waals surface area contributed by atoms with Gasteiger partial charge in [-0.3, -0.25) is 9.59 Å². The van der Waals surface area contributed by atoms with Crippen molar-refractivity contribution < 1.29 is 18.7 Å². The quantitative estimate of drug-likeness (QED) is 0.169. The Balaban J connectivity index is 1.34. The number of benzene rings is 4. The zero-order valence-corrected chi connectivity index (χ0v) is 25.8. The minimum absolute atomic E-state index is 0.162. The number of aromatic nitrogens is 2. The van der Waals surface area contributed by atoms with Gasteiger partial charge in [0.25, 0.3) is 11.5 Å². The number of furan rings is 1. The number of nitrogens with zero attached hydrogens (tertiary/aromatic N) is 3. The first-order valence-electron chi connectivity index (χ1n) is 13.4. The van der Waals surface area contributed by atoms with E-state index in [1.165, 1.54) is 18.0 Å². The number of methoxy groups -OCH3 is 1. The summed E-state index contributed by atoms with van der Waals surface area (Å²) in [5.41, 5.74) is 3.00. The van der Waals surface area contributed by atoms with E-state index in [1.54, 1.807) is 24.3 Å². The second kappa shape index (κ2) is 12.4. The van der Waals surface area contributed by atoms with E-state index in [2.05, 4.69) is 26.3 Å². The van der Waals surface area contributed by atoms with Crippen LogP contribution in [0.25, 0.3) is 33.5 Å². The standard InChI is InChI=1S/C33H24BrClN4O5/c1-19-11-13-22(14-12-19)37-28(40)18-43-31-26(42-2)16-21(29(34)30(31)35)17-36-39-32(27-15-20-7-3-6-10-25(20)44-27)38-24-9-5-4-8-23(24)33(39)41/h3-17H,18H2,1-2H3,(H,37,40). The summed E-state index contributed by atoms with van der Waals surface area (Å²) < 4.78 is 18.9. The van der Waals surface area contributed by atoms with Crippen LogP contribution in [0.3, 0.4) is 0 Å². The van der Waals surface area contributed by atoms with Gasteiger partial charge in [0.1, 0.15) is 10.6 Å². The molecule has 0 fully saturated rings. The molecule has 220 valence electrons. The summed E-state index contributed by atoms with van der Waals surface area (Å²) >= 11 is 10.2. The SMILES string of the molecule is COc1cc(C=Nn2c(-c3cc4ccccc4o3)nc3ccccc3c2=O)c(Br)c(Cl)c1OCC(=O)Nc1ccc(C)cc1. The van der Waals surface area contributed by atoms with Crippen LogP contribution >= 0.6 is 27.5 Å². The number of hydrogen-bond donors (Lipinski definition) is 1. The molecular formula is C33H24BrClN4O5. The lowest BCUT2D eigenvalue weighted by Gasteiger charge is -2.15. The van der Waals surface area contributed by atoms with Gasteiger partial charge in [-0.2, -0.15) is 9.78 Å². The van der Waals surface area contributed by atoms with Crippen LogP contribution in [-0.4, -0.2) is 35.5 Å². The second-order valence-electron chi connectivity index (χ2n) is 9.79. The molecule has 0 saturated carbocycles. The third-order valence-corrected chi connectivity index (χ3v) is 8.21. The van der Waals surface area contributed by atoms with E-state index >= 15 is 0 Å². The van der Waals surface area contributed by atoms with E-state index in [0.29, 0.717) is 38.0 Å². The number of rotatable bonds is 8. The predicted molar refractivity (Wildman–Crippen MR) is 175 cm³/mol. The monoisotopic (exact) mass is 670 g/mol. The molecule has 0 saturated heterocycles. The van der Waals surface area contributed by atoms with Gasteiger partial charge in [0.05, 0.1) is 24.2 Å². The van der Waals surface area contributed by atoms with Gasteiger partial charge in [0.2, 0.25) is 5.82 Å². The van der Waals surface area contributed by atoms with Crippen molar-refractivity contribution in [2.45, 2.75) is 6.92 Å². The normalized spacial score (nSPS) is 11.4. The van der Waals surface area contributed by atoms with E-state index < -0.39 is 0 Å². The van der Waals surface area contributed by atoms with Crippen LogP contribution in [0.1, 0.15) is 11.1 Å². The molecule has 1 amide bonds. The van der Waals surface area contributed by atoms with Gasteiger partial charge in [-0.15, -0.1) is 0 Å². The molecule has 1 N–H and O–H groups in total. The summed E-state index contributed by atoms with van der Waals surface area (Å²) in [6.07, 6.45) is 1.45. The lowest BCUT2D eigenvalue weighted by atomic mass is 10.2. The fourth-order valence-corrected chi connectivity index (χ4v) is 5.21. The fraction of sp³-hybridized carbons (Fsp3) is 0.0909. The number of hydrogen-bond acceptors (Lipinski definition) is 7. The molecular weight excluding hydrogens is 648 g/mol. The van der Waals surface area contributed by atoms with Crippen LogP contribution < -0.4 is 20.3 Å². The predicted octanol–water partition coefficient (Wildman–Crippen LogP) is 7.44. The van der Waals surface area contributed by atoms with Crippen molar-refractivity contribution in [3.63, 3.8) is 0 Å². The highest BCUT2D eigenvalue weighted by Crippen LogP contribution is 2.42. The van der Waals surface area contributed by atoms with Crippen molar-refractivity contribution in [2.75, 3.05) is 19.0 Å². The van der Waals surface area contributed by atoms with E-state index in [4.69, 9.17) is 30.5 Å². The molecule has 6 aromatic rings. The van der Waals surface area contributed by atoms with Crippen LogP contribution in [0.5, 0.6) is 11.5 Å². The van der Waals surface area contributed by atoms with Crippen LogP contribution in [-0.2, 0) is 4.79 Å². The molecule has 11 heteroatoms. The van der Waals surface area contributed by atoms with Gasteiger partial charge in [0, 0.05) is 21.1 Å². The largest absolute Gasteiger partial charge is 0.493 e. The molecule has 4 aromatic carbocycles. The molecule has 0 radical (unpaired) electrons. The Hall–Kier alpha value is -4.93. The topological polar surface area (TPSA) is 108 Å². The third-order valence-electron chi connectivity index (χ3n) is 6.77. The number of carbonyl (C=O) groups excluding carboxylic acids is 1. The van der Waals surface area contributed by atoms with E-state index in [9.17, 15) is 9.59 Å². The number of ether oxygens (including phenoxy) is 2. The van der Waals surface area contributed by atoms with Gasteiger partial charge < -0.3 is 19.2 Å². The number of fused-ring (bicyclic) bond motifs is 2. The Morgan fingerprint density at radius 3 is 2.61 bits per heavy atom. The summed E-state index contributed by atoms with van der Waals surface area (Å²) in [7, 11) is 1.46. The molecule has 0 unspecified atom stereocenters. The number of amides is 1. The first kappa shape index (κ1) is 29.2. The minimum atomic E-state index is -0.379. The summed E-state index contributed by atoms with van der Waals surface area (Å²) in [5.74, 6) is 0.687. The molecule has 0 spiro atoms. The summed E-state index contributed by atoms with van der Waals surface area (Å²) in [5, 5.41) is 8.71. The average Bonchev–Trinajstić information content (AvgIpc) is 3.47. The maximum absolute atomic E-state index is 13.6. The summed E-state index contributed by atoms with van der Waals surface area (Å²) in [6.45, 7) is 1.66. The number of halogens is 2. The molecule has 2 aromatic heterocycles. The van der Waals surface area contributed by atoms with E-state index in [1.807, 2.05) is 67.6 Å². The number of anilines is 1. The highest BCUT2D eigenvalue weighted by molar-refractivity contribution is 9.10. The second-order valence-corrected chi connectivity index (χ2v) is 11.0. The molecule has 6 rings (SSSR count). The highest BCUT2D eigenvalue weighted by atomic mass is 79.9. The number of aryl methyl sites for hydroxylation is 1. The molecule has 0 aliphatic rings. The number of para-hydroxylation sites is 2. The first-order chi connectivity index (χ1) is 21.3. The summed E-state index contributed by atoms with van der Waals surface area (Å²) in [6, 6.07) is 25.4. The summed E-state index contributed by atoms with van der Waals surface area (Å²) in [4.78, 5) is 30.9. The van der Waals surface area contributed by atoms with Gasteiger partial charge in [-0.1, -0.05) is 59.6 Å². The lowest BCUT2D eigenvalue weighted by molar-refractivity contribution is -0.118. The minimum Gasteiger partial charge on any atom is -0.493 e. The van der Waals surface area contributed by atoms with Gasteiger partial charge in [-0.05, 0) is 65.3 Å². The van der Waals surface area contributed by atoms with Crippen molar-refractivity contribution in [3.05, 3.63) is 116 Å². The van der Waals surface area contributed by atoms with Crippen molar-refractivity contribution in [3.8, 4) is 23.1 Å². The van der Waals surface area contributed by atoms with Crippen LogP contribution in [0, 0.1) is 6.92 Å². The van der Waals surface area contributed by atoms with Crippen molar-refractivity contribution in [1.29, 1.82) is 0 Å². The Morgan fingerprint density at radius 1 is 1.09 bits per heavy atom.